The number of hydrogen-bond acceptors (Lipinski definition) is 3. The topological polar surface area (TPSA) is 39.9 Å². The van der Waals surface area contributed by atoms with E-state index in [4.69, 9.17) is 5.26 Å². The summed E-state index contributed by atoms with van der Waals surface area (Å²) in [6.45, 7) is 2.04. The van der Waals surface area contributed by atoms with Crippen molar-refractivity contribution in [2.75, 3.05) is 11.9 Å². The molecule has 4 heteroatoms. The van der Waals surface area contributed by atoms with Gasteiger partial charge in [0.15, 0.2) is 0 Å². The van der Waals surface area contributed by atoms with Gasteiger partial charge in [-0.15, -0.1) is 0 Å². The van der Waals surface area contributed by atoms with Crippen molar-refractivity contribution in [2.24, 2.45) is 0 Å². The minimum atomic E-state index is 0.652. The van der Waals surface area contributed by atoms with Gasteiger partial charge in [-0.05, 0) is 36.2 Å². The van der Waals surface area contributed by atoms with Crippen LogP contribution in [0.15, 0.2) is 36.5 Å². The van der Waals surface area contributed by atoms with Crippen LogP contribution in [0, 0.1) is 18.3 Å². The van der Waals surface area contributed by atoms with Crippen molar-refractivity contribution in [3.05, 3.63) is 53.2 Å². The van der Waals surface area contributed by atoms with Gasteiger partial charge in [0.1, 0.15) is 5.82 Å². The Morgan fingerprint density at radius 3 is 2.79 bits per heavy atom. The average Bonchev–Trinajstić information content (AvgIpc) is 2.46. The van der Waals surface area contributed by atoms with Crippen LogP contribution in [0.25, 0.3) is 0 Å². The fraction of sp³-hybridized carbons (Fsp3) is 0.200. The van der Waals surface area contributed by atoms with E-state index in [0.29, 0.717) is 5.56 Å². The van der Waals surface area contributed by atoms with Crippen molar-refractivity contribution in [1.29, 1.82) is 5.26 Å². The first-order valence-corrected chi connectivity index (χ1v) is 7.03. The molecule has 0 fully saturated rings. The Morgan fingerprint density at radius 1 is 1.37 bits per heavy atom. The van der Waals surface area contributed by atoms with Crippen LogP contribution in [0.5, 0.6) is 0 Å². The number of halogens is 1. The molecule has 3 nitrogen and oxygen atoms in total. The number of nitrogens with zero attached hydrogens (tertiary/aromatic N) is 3. The summed E-state index contributed by atoms with van der Waals surface area (Å²) < 4.78 is 0. The maximum atomic E-state index is 8.95. The van der Waals surface area contributed by atoms with Crippen molar-refractivity contribution < 1.29 is 0 Å². The second-order valence-corrected chi connectivity index (χ2v) is 4.90. The minimum Gasteiger partial charge on any atom is -0.329 e. The van der Waals surface area contributed by atoms with E-state index < -0.39 is 0 Å². The van der Waals surface area contributed by atoms with Gasteiger partial charge in [0.05, 0.1) is 11.6 Å². The van der Waals surface area contributed by atoms with Crippen molar-refractivity contribution in [1.82, 2.24) is 4.98 Å². The number of aryl methyl sites for hydroxylation is 1. The molecule has 0 aliphatic heterocycles. The number of hydrogen-bond donors (Lipinski definition) is 0. The van der Waals surface area contributed by atoms with Crippen LogP contribution in [0.3, 0.4) is 0 Å². The smallest absolute Gasteiger partial charge is 0.135 e. The highest BCUT2D eigenvalue weighted by atomic mass is 79.9. The zero-order valence-corrected chi connectivity index (χ0v) is 12.5. The van der Waals surface area contributed by atoms with Crippen molar-refractivity contribution >= 4 is 27.4 Å². The van der Waals surface area contributed by atoms with E-state index in [2.05, 4.69) is 33.0 Å². The Morgan fingerprint density at radius 2 is 2.16 bits per heavy atom. The molecular weight excluding hydrogens is 302 g/mol. The molecule has 96 valence electrons. The zero-order chi connectivity index (χ0) is 13.8. The standard InChI is InChI=1S/C15H14BrN3/c1-11-6-13(8-16)10-18-15(11)19(2)14-5-3-4-12(7-14)9-17/h3-7,10H,8H2,1-2H3. The van der Waals surface area contributed by atoms with Gasteiger partial charge >= 0.3 is 0 Å². The fourth-order valence-corrected chi connectivity index (χ4v) is 2.26. The van der Waals surface area contributed by atoms with Crippen molar-refractivity contribution in [2.45, 2.75) is 12.3 Å². The van der Waals surface area contributed by atoms with Gasteiger partial charge in [-0.1, -0.05) is 28.1 Å². The molecule has 0 aliphatic rings. The molecule has 0 saturated heterocycles. The summed E-state index contributed by atoms with van der Waals surface area (Å²) in [5.41, 5.74) is 3.88. The lowest BCUT2D eigenvalue weighted by atomic mass is 10.1. The Balaban J connectivity index is 2.38. The number of rotatable bonds is 3. The van der Waals surface area contributed by atoms with Crippen molar-refractivity contribution in [3.63, 3.8) is 0 Å². The molecular formula is C15H14BrN3. The first kappa shape index (κ1) is 13.6. The molecule has 0 aliphatic carbocycles. The fourth-order valence-electron chi connectivity index (χ4n) is 1.96. The lowest BCUT2D eigenvalue weighted by Gasteiger charge is -2.20. The summed E-state index contributed by atoms with van der Waals surface area (Å²) in [5, 5.41) is 9.75. The Bertz CT molecular complexity index is 632. The normalized spacial score (nSPS) is 10.0. The van der Waals surface area contributed by atoms with E-state index in [1.165, 1.54) is 0 Å². The Kier molecular flexibility index (Phi) is 4.18. The third kappa shape index (κ3) is 2.94. The van der Waals surface area contributed by atoms with Crippen LogP contribution in [-0.2, 0) is 5.33 Å². The number of benzene rings is 1. The molecule has 0 atom stereocenters. The maximum Gasteiger partial charge on any atom is 0.135 e. The summed E-state index contributed by atoms with van der Waals surface area (Å²) in [4.78, 5) is 6.49. The predicted octanol–water partition coefficient (Wildman–Crippen LogP) is 3.92. The van der Waals surface area contributed by atoms with E-state index in [9.17, 15) is 0 Å². The number of pyridine rings is 1. The highest BCUT2D eigenvalue weighted by molar-refractivity contribution is 9.08. The summed E-state index contributed by atoms with van der Waals surface area (Å²) in [5.74, 6) is 0.903. The Labute approximate surface area is 121 Å². The second kappa shape index (κ2) is 5.85. The number of alkyl halides is 1. The van der Waals surface area contributed by atoms with Gasteiger partial charge in [-0.3, -0.25) is 0 Å². The first-order chi connectivity index (χ1) is 9.15. The maximum absolute atomic E-state index is 8.95. The second-order valence-electron chi connectivity index (χ2n) is 4.34. The van der Waals surface area contributed by atoms with Gasteiger partial charge in [-0.25, -0.2) is 4.98 Å². The van der Waals surface area contributed by atoms with E-state index in [0.717, 1.165) is 28.0 Å². The summed E-state index contributed by atoms with van der Waals surface area (Å²) in [6, 6.07) is 11.8. The SMILES string of the molecule is Cc1cc(CBr)cnc1N(C)c1cccc(C#N)c1. The number of anilines is 2. The van der Waals surface area contributed by atoms with Crippen LogP contribution in [0.4, 0.5) is 11.5 Å². The largest absolute Gasteiger partial charge is 0.329 e. The van der Waals surface area contributed by atoms with Gasteiger partial charge in [-0.2, -0.15) is 5.26 Å². The lowest BCUT2D eigenvalue weighted by Crippen LogP contribution is -2.13. The van der Waals surface area contributed by atoms with Crippen LogP contribution in [0.2, 0.25) is 0 Å². The van der Waals surface area contributed by atoms with Gasteiger partial charge in [0, 0.05) is 24.3 Å². The monoisotopic (exact) mass is 315 g/mol. The van der Waals surface area contributed by atoms with E-state index >= 15 is 0 Å². The molecule has 0 amide bonds. The lowest BCUT2D eigenvalue weighted by molar-refractivity contribution is 1.09. The summed E-state index contributed by atoms with van der Waals surface area (Å²) in [7, 11) is 1.96. The quantitative estimate of drug-likeness (QED) is 0.806. The minimum absolute atomic E-state index is 0.652. The third-order valence-corrected chi connectivity index (χ3v) is 3.59. The predicted molar refractivity (Wildman–Crippen MR) is 80.8 cm³/mol. The third-order valence-electron chi connectivity index (χ3n) is 2.94. The van der Waals surface area contributed by atoms with Gasteiger partial charge < -0.3 is 4.90 Å². The number of aromatic nitrogens is 1. The zero-order valence-electron chi connectivity index (χ0n) is 10.9. The van der Waals surface area contributed by atoms with E-state index in [1.54, 1.807) is 6.07 Å². The molecule has 0 spiro atoms. The van der Waals surface area contributed by atoms with E-state index in [-0.39, 0.29) is 0 Å². The molecule has 1 aromatic carbocycles. The molecule has 0 saturated carbocycles. The highest BCUT2D eigenvalue weighted by Crippen LogP contribution is 2.26. The molecule has 2 aromatic rings. The summed E-state index contributed by atoms with van der Waals surface area (Å²) in [6.07, 6.45) is 1.86. The molecule has 1 heterocycles. The molecule has 2 rings (SSSR count). The van der Waals surface area contributed by atoms with Crippen LogP contribution in [0.1, 0.15) is 16.7 Å². The molecule has 0 radical (unpaired) electrons. The highest BCUT2D eigenvalue weighted by Gasteiger charge is 2.09. The molecule has 0 bridgehead atoms. The summed E-state index contributed by atoms with van der Waals surface area (Å²) >= 11 is 3.43. The van der Waals surface area contributed by atoms with Crippen LogP contribution < -0.4 is 4.90 Å². The molecule has 1 aromatic heterocycles. The van der Waals surface area contributed by atoms with Gasteiger partial charge in [0.25, 0.3) is 0 Å². The molecule has 0 N–H and O–H groups in total. The van der Waals surface area contributed by atoms with Crippen molar-refractivity contribution in [3.8, 4) is 6.07 Å². The number of nitriles is 1. The van der Waals surface area contributed by atoms with E-state index in [1.807, 2.05) is 43.3 Å². The van der Waals surface area contributed by atoms with Crippen LogP contribution in [-0.4, -0.2) is 12.0 Å². The molecule has 0 unspecified atom stereocenters. The first-order valence-electron chi connectivity index (χ1n) is 5.91. The van der Waals surface area contributed by atoms with Crippen LogP contribution >= 0.6 is 15.9 Å². The average molecular weight is 316 g/mol. The Hall–Kier alpha value is -1.86. The van der Waals surface area contributed by atoms with Gasteiger partial charge in [0.2, 0.25) is 0 Å². The molecule has 19 heavy (non-hydrogen) atoms.